The Balaban J connectivity index is 1.58. The molecule has 9 atom stereocenters. The van der Waals surface area contributed by atoms with Crippen LogP contribution >= 0.6 is 0 Å². The quantitative estimate of drug-likeness (QED) is 0.198. The van der Waals surface area contributed by atoms with Crippen molar-refractivity contribution in [2.75, 3.05) is 13.7 Å². The van der Waals surface area contributed by atoms with Gasteiger partial charge in [0.15, 0.2) is 5.79 Å². The van der Waals surface area contributed by atoms with E-state index in [1.165, 1.54) is 0 Å². The van der Waals surface area contributed by atoms with E-state index >= 15 is 0 Å². The van der Waals surface area contributed by atoms with E-state index in [2.05, 4.69) is 13.0 Å². The maximum Gasteiger partial charge on any atom is 0.329 e. The highest BCUT2D eigenvalue weighted by molar-refractivity contribution is 5.85. The van der Waals surface area contributed by atoms with E-state index in [9.17, 15) is 29.7 Å². The van der Waals surface area contributed by atoms with Crippen LogP contribution in [0, 0.1) is 23.7 Å². The van der Waals surface area contributed by atoms with Gasteiger partial charge in [-0.1, -0.05) is 57.2 Å². The molecule has 55 heavy (non-hydrogen) atoms. The number of ketones is 1. The number of aliphatic hydroxyl groups is 3. The molecule has 1 saturated carbocycles. The Morgan fingerprint density at radius 2 is 1.64 bits per heavy atom. The first-order chi connectivity index (χ1) is 26.2. The first-order valence-corrected chi connectivity index (χ1v) is 21.2. The summed E-state index contributed by atoms with van der Waals surface area (Å²) in [5.41, 5.74) is 1.67. The maximum atomic E-state index is 14.0. The van der Waals surface area contributed by atoms with Gasteiger partial charge >= 0.3 is 5.97 Å². The second kappa shape index (κ2) is 21.8. The Labute approximate surface area is 330 Å². The van der Waals surface area contributed by atoms with Crippen LogP contribution in [0.2, 0.25) is 0 Å². The number of allylic oxidation sites excluding steroid dienone is 5. The number of piperidine rings is 1. The molecule has 10 heteroatoms. The number of cyclic esters (lactones) is 1. The zero-order valence-corrected chi connectivity index (χ0v) is 34.5. The van der Waals surface area contributed by atoms with E-state index in [1.807, 2.05) is 58.1 Å². The van der Waals surface area contributed by atoms with Crippen LogP contribution in [-0.4, -0.2) is 93.9 Å². The number of aliphatic hydroxyl groups excluding tert-OH is 2. The lowest BCUT2D eigenvalue weighted by atomic mass is 9.84. The second-order valence-electron chi connectivity index (χ2n) is 17.3. The fraction of sp³-hybridized carbons (Fsp3) is 0.756. The Bertz CT molecular complexity index is 1380. The molecule has 2 saturated heterocycles. The Morgan fingerprint density at radius 1 is 0.891 bits per heavy atom. The third kappa shape index (κ3) is 13.8. The summed E-state index contributed by atoms with van der Waals surface area (Å²) in [5.74, 6) is -2.34. The Hall–Kier alpha value is -2.63. The molecule has 1 aliphatic carbocycles. The van der Waals surface area contributed by atoms with Gasteiger partial charge in [-0.15, -0.1) is 0 Å². The van der Waals surface area contributed by atoms with Gasteiger partial charge in [0.05, 0.1) is 30.8 Å². The highest BCUT2D eigenvalue weighted by atomic mass is 16.6. The van der Waals surface area contributed by atoms with Gasteiger partial charge in [-0.05, 0) is 114 Å². The molecule has 3 fully saturated rings. The second-order valence-corrected chi connectivity index (χ2v) is 17.3. The number of amides is 1. The zero-order chi connectivity index (χ0) is 40.1. The first-order valence-electron chi connectivity index (χ1n) is 21.2. The summed E-state index contributed by atoms with van der Waals surface area (Å²) in [6, 6.07) is -0.764. The minimum Gasteiger partial charge on any atom is -0.461 e. The van der Waals surface area contributed by atoms with E-state index in [0.717, 1.165) is 56.9 Å². The van der Waals surface area contributed by atoms with Crippen molar-refractivity contribution < 1.29 is 43.9 Å². The molecule has 0 aromatic carbocycles. The van der Waals surface area contributed by atoms with Crippen LogP contribution in [0.3, 0.4) is 0 Å². The summed E-state index contributed by atoms with van der Waals surface area (Å²) in [6.07, 6.45) is 19.3. The van der Waals surface area contributed by atoms with Crippen molar-refractivity contribution >= 4 is 17.7 Å². The maximum absolute atomic E-state index is 14.0. The summed E-state index contributed by atoms with van der Waals surface area (Å²) < 4.78 is 18.5. The number of fused-ring (bicyclic) bond motifs is 3. The van der Waals surface area contributed by atoms with E-state index in [1.54, 1.807) is 12.0 Å². The van der Waals surface area contributed by atoms with Crippen molar-refractivity contribution in [3.8, 4) is 0 Å². The van der Waals surface area contributed by atoms with Crippen LogP contribution in [0.5, 0.6) is 0 Å². The van der Waals surface area contributed by atoms with Crippen LogP contribution in [0.4, 0.5) is 0 Å². The molecule has 4 aliphatic rings. The number of methoxy groups -OCH3 is 1. The van der Waals surface area contributed by atoms with E-state index in [0.29, 0.717) is 56.6 Å². The zero-order valence-electron chi connectivity index (χ0n) is 34.5. The predicted molar refractivity (Wildman–Crippen MR) is 214 cm³/mol. The lowest BCUT2D eigenvalue weighted by Crippen LogP contribution is -2.54. The molecule has 1 amide bonds. The average molecular weight is 770 g/mol. The van der Waals surface area contributed by atoms with Crippen LogP contribution in [0.15, 0.2) is 47.6 Å². The normalized spacial score (nSPS) is 39.4. The summed E-state index contributed by atoms with van der Waals surface area (Å²) in [6.45, 7) is 10.1. The number of ether oxygens (including phenoxy) is 3. The number of carbonyl (C=O) groups excluding carboxylic acids is 3. The fourth-order valence-electron chi connectivity index (χ4n) is 8.74. The smallest absolute Gasteiger partial charge is 0.329 e. The highest BCUT2D eigenvalue weighted by Gasteiger charge is 2.46. The summed E-state index contributed by atoms with van der Waals surface area (Å²) in [5, 5.41) is 33.0. The standard InChI is InChI=1S/C45H71NO9/c1-30-12-8-7-9-13-32(3)42(53-6)27-38-23-16-34(5)45(52,55-38)29-43(50)46-25-11-10-14-39(46)44(51)54-37(24-19-35-17-20-36(47)21-18-35)22-15-31(2)40(48)28-41(49)33(4)26-30/h7-9,12-13,15,30,33-40,42,47-48,52H,10-11,14,16-29H2,1-6H3/b9-7+,12-8+,31-15+,32-13?/t30-,33-,34-,35?,36?,37+,38+,39+,40+,42+,45+/m1/s1. The molecule has 2 bridgehead atoms. The lowest BCUT2D eigenvalue weighted by Gasteiger charge is -2.44. The predicted octanol–water partition coefficient (Wildman–Crippen LogP) is 7.30. The molecule has 0 aromatic rings. The van der Waals surface area contributed by atoms with Crippen molar-refractivity contribution in [1.29, 1.82) is 0 Å². The first kappa shape index (κ1) is 45.1. The third-order valence-corrected chi connectivity index (χ3v) is 12.7. The van der Waals surface area contributed by atoms with E-state index < -0.39 is 30.0 Å². The van der Waals surface area contributed by atoms with Gasteiger partial charge in [-0.25, -0.2) is 4.79 Å². The van der Waals surface area contributed by atoms with Gasteiger partial charge < -0.3 is 34.4 Å². The van der Waals surface area contributed by atoms with Crippen LogP contribution in [0.25, 0.3) is 0 Å². The van der Waals surface area contributed by atoms with Crippen molar-refractivity contribution in [3.05, 3.63) is 47.6 Å². The number of Topliss-reactive ketones (excluding diaryl/α,β-unsaturated/α-hetero) is 1. The molecule has 0 unspecified atom stereocenters. The molecule has 4 rings (SSSR count). The van der Waals surface area contributed by atoms with Crippen LogP contribution in [-0.2, 0) is 28.6 Å². The number of carbonyl (C=O) groups is 3. The van der Waals surface area contributed by atoms with Gasteiger partial charge in [0, 0.05) is 44.8 Å². The number of rotatable bonds is 4. The number of hydrogen-bond acceptors (Lipinski definition) is 9. The molecule has 3 aliphatic heterocycles. The van der Waals surface area contributed by atoms with Crippen molar-refractivity contribution in [2.45, 2.75) is 180 Å². The molecule has 10 nitrogen and oxygen atoms in total. The summed E-state index contributed by atoms with van der Waals surface area (Å²) in [4.78, 5) is 42.8. The van der Waals surface area contributed by atoms with Crippen molar-refractivity contribution in [1.82, 2.24) is 4.90 Å². The van der Waals surface area contributed by atoms with Crippen LogP contribution in [0.1, 0.15) is 137 Å². The average Bonchev–Trinajstić information content (AvgIpc) is 3.15. The van der Waals surface area contributed by atoms with Gasteiger partial charge in [0.2, 0.25) is 5.91 Å². The topological polar surface area (TPSA) is 143 Å². The monoisotopic (exact) mass is 770 g/mol. The molecule has 3 heterocycles. The molecular formula is C45H71NO9. The minimum atomic E-state index is -1.68. The third-order valence-electron chi connectivity index (χ3n) is 12.7. The van der Waals surface area contributed by atoms with Crippen molar-refractivity contribution in [2.24, 2.45) is 23.7 Å². The molecule has 0 aromatic heterocycles. The Morgan fingerprint density at radius 3 is 2.36 bits per heavy atom. The summed E-state index contributed by atoms with van der Waals surface area (Å²) >= 11 is 0. The fourth-order valence-corrected chi connectivity index (χ4v) is 8.74. The highest BCUT2D eigenvalue weighted by Crippen LogP contribution is 2.38. The minimum absolute atomic E-state index is 0.00891. The SMILES string of the molecule is CO[C@H]1C[C@@H]2CC[C@@H](C)[C@](O)(CC(=O)N3CCCC[C@H]3C(=O)O[C@H](CCC3CCC(O)CC3)C/C=C(\C)[C@@H](O)CC(=O)[C@H](C)C[C@H](C)/C=C/C=C/C=C1C)O2. The molecule has 0 spiro atoms. The van der Waals surface area contributed by atoms with E-state index in [-0.39, 0.29) is 60.6 Å². The number of nitrogens with zero attached hydrogens (tertiary/aromatic N) is 1. The largest absolute Gasteiger partial charge is 0.461 e. The van der Waals surface area contributed by atoms with E-state index in [4.69, 9.17) is 14.2 Å². The summed E-state index contributed by atoms with van der Waals surface area (Å²) in [7, 11) is 1.66. The molecular weight excluding hydrogens is 698 g/mol. The van der Waals surface area contributed by atoms with Gasteiger partial charge in [-0.2, -0.15) is 0 Å². The number of esters is 1. The van der Waals surface area contributed by atoms with Crippen molar-refractivity contribution in [3.63, 3.8) is 0 Å². The molecule has 3 N–H and O–H groups in total. The van der Waals surface area contributed by atoms with Gasteiger partial charge in [0.25, 0.3) is 0 Å². The van der Waals surface area contributed by atoms with Gasteiger partial charge in [-0.3, -0.25) is 9.59 Å². The molecule has 310 valence electrons. The number of hydrogen-bond donors (Lipinski definition) is 3. The van der Waals surface area contributed by atoms with Crippen LogP contribution < -0.4 is 0 Å². The Kier molecular flexibility index (Phi) is 17.8. The van der Waals surface area contributed by atoms with Gasteiger partial charge in [0.1, 0.15) is 17.9 Å². The lowest BCUT2D eigenvalue weighted by molar-refractivity contribution is -0.284. The molecule has 0 radical (unpaired) electrons.